The molecule has 0 saturated carbocycles. The average molecular weight is 471 g/mol. The lowest BCUT2D eigenvalue weighted by Gasteiger charge is -2.13. The van der Waals surface area contributed by atoms with Crippen LogP contribution in [-0.4, -0.2) is 38.6 Å². The highest BCUT2D eigenvalue weighted by atomic mass is 32.2. The number of nitro benzene ring substituents is 1. The Hall–Kier alpha value is -3.24. The number of nitro groups is 1. The van der Waals surface area contributed by atoms with Crippen molar-refractivity contribution in [3.63, 3.8) is 0 Å². The lowest BCUT2D eigenvalue weighted by atomic mass is 10.1. The van der Waals surface area contributed by atoms with E-state index in [0.717, 1.165) is 21.3 Å². The van der Waals surface area contributed by atoms with E-state index >= 15 is 0 Å². The molecule has 0 bridgehead atoms. The van der Waals surface area contributed by atoms with Crippen LogP contribution >= 0.6 is 11.8 Å². The predicted molar refractivity (Wildman–Crippen MR) is 123 cm³/mol. The molecular weight excluding hydrogens is 444 g/mol. The molecule has 2 aromatic heterocycles. The van der Waals surface area contributed by atoms with Gasteiger partial charge >= 0.3 is 5.97 Å². The van der Waals surface area contributed by atoms with E-state index in [9.17, 15) is 14.9 Å². The summed E-state index contributed by atoms with van der Waals surface area (Å²) in [4.78, 5) is 31.8. The number of non-ortho nitro benzene ring substituents is 1. The van der Waals surface area contributed by atoms with Crippen molar-refractivity contribution in [2.75, 3.05) is 13.2 Å². The standard InChI is InChI=1S/C23H26N4O5S/c1-16(2)22-23(33-20-9-6-8-19(13-20)27(29)30)26(14-18-7-4-5-10-24-18)21(25-22)15-31-11-12-32-17(3)28/h4-10,13,16H,11-12,14-15H2,1-3H3. The Kier molecular flexibility index (Phi) is 8.56. The number of benzene rings is 1. The molecule has 0 spiro atoms. The van der Waals surface area contributed by atoms with Crippen LogP contribution in [-0.2, 0) is 27.4 Å². The Balaban J connectivity index is 1.94. The monoisotopic (exact) mass is 470 g/mol. The number of carbonyl (C=O) groups is 1. The van der Waals surface area contributed by atoms with Gasteiger partial charge in [0.1, 0.15) is 24.1 Å². The van der Waals surface area contributed by atoms with Crippen LogP contribution in [0.1, 0.15) is 43.9 Å². The van der Waals surface area contributed by atoms with Crippen molar-refractivity contribution in [1.82, 2.24) is 14.5 Å². The molecule has 0 N–H and O–H groups in total. The van der Waals surface area contributed by atoms with E-state index in [2.05, 4.69) is 18.8 Å². The van der Waals surface area contributed by atoms with Crippen molar-refractivity contribution in [2.24, 2.45) is 0 Å². The molecule has 1 aromatic carbocycles. The van der Waals surface area contributed by atoms with Gasteiger partial charge in [-0.1, -0.05) is 37.7 Å². The van der Waals surface area contributed by atoms with Crippen LogP contribution in [0.15, 0.2) is 58.6 Å². The van der Waals surface area contributed by atoms with Crippen LogP contribution in [0, 0.1) is 10.1 Å². The number of imidazole rings is 1. The van der Waals surface area contributed by atoms with Gasteiger partial charge in [-0.25, -0.2) is 4.98 Å². The predicted octanol–water partition coefficient (Wildman–Crippen LogP) is 4.59. The molecule has 174 valence electrons. The minimum Gasteiger partial charge on any atom is -0.463 e. The molecule has 10 heteroatoms. The summed E-state index contributed by atoms with van der Waals surface area (Å²) in [5.41, 5.74) is 1.77. The summed E-state index contributed by atoms with van der Waals surface area (Å²) in [7, 11) is 0. The first-order valence-electron chi connectivity index (χ1n) is 10.5. The summed E-state index contributed by atoms with van der Waals surface area (Å²) >= 11 is 1.43. The van der Waals surface area contributed by atoms with Gasteiger partial charge in [-0.15, -0.1) is 0 Å². The SMILES string of the molecule is CC(=O)OCCOCc1nc(C(C)C)c(Sc2cccc([N+](=O)[O-])c2)n1Cc1ccccn1. The van der Waals surface area contributed by atoms with Gasteiger partial charge in [-0.3, -0.25) is 19.9 Å². The fourth-order valence-corrected chi connectivity index (χ4v) is 4.31. The van der Waals surface area contributed by atoms with E-state index in [1.54, 1.807) is 18.3 Å². The van der Waals surface area contributed by atoms with E-state index in [-0.39, 0.29) is 37.4 Å². The van der Waals surface area contributed by atoms with Crippen molar-refractivity contribution < 1.29 is 19.2 Å². The summed E-state index contributed by atoms with van der Waals surface area (Å²) < 4.78 is 12.7. The Morgan fingerprint density at radius 2 is 2.03 bits per heavy atom. The van der Waals surface area contributed by atoms with Crippen molar-refractivity contribution in [1.29, 1.82) is 0 Å². The van der Waals surface area contributed by atoms with Crippen molar-refractivity contribution in [3.8, 4) is 0 Å². The second-order valence-corrected chi connectivity index (χ2v) is 8.59. The second-order valence-electron chi connectivity index (χ2n) is 7.53. The van der Waals surface area contributed by atoms with Crippen LogP contribution in [0.5, 0.6) is 0 Å². The number of hydrogen-bond donors (Lipinski definition) is 0. The Morgan fingerprint density at radius 3 is 2.70 bits per heavy atom. The van der Waals surface area contributed by atoms with Gasteiger partial charge < -0.3 is 14.0 Å². The highest BCUT2D eigenvalue weighted by Crippen LogP contribution is 2.36. The zero-order chi connectivity index (χ0) is 23.8. The molecule has 3 aromatic rings. The van der Waals surface area contributed by atoms with Gasteiger partial charge in [0.25, 0.3) is 5.69 Å². The van der Waals surface area contributed by atoms with Crippen molar-refractivity contribution in [3.05, 3.63) is 76.0 Å². The Labute approximate surface area is 196 Å². The van der Waals surface area contributed by atoms with Crippen LogP contribution in [0.25, 0.3) is 0 Å². The number of hydrogen-bond acceptors (Lipinski definition) is 8. The fourth-order valence-electron chi connectivity index (χ4n) is 3.09. The van der Waals surface area contributed by atoms with Gasteiger partial charge in [0.15, 0.2) is 0 Å². The molecule has 0 aliphatic heterocycles. The molecule has 0 unspecified atom stereocenters. The molecule has 9 nitrogen and oxygen atoms in total. The normalized spacial score (nSPS) is 11.0. The number of nitrogens with zero attached hydrogens (tertiary/aromatic N) is 4. The molecule has 0 aliphatic carbocycles. The maximum absolute atomic E-state index is 11.2. The van der Waals surface area contributed by atoms with Crippen LogP contribution in [0.4, 0.5) is 5.69 Å². The number of esters is 1. The molecule has 0 amide bonds. The molecule has 33 heavy (non-hydrogen) atoms. The lowest BCUT2D eigenvalue weighted by Crippen LogP contribution is -2.12. The van der Waals surface area contributed by atoms with Crippen molar-refractivity contribution in [2.45, 2.75) is 49.8 Å². The molecular formula is C23H26N4O5S. The zero-order valence-electron chi connectivity index (χ0n) is 18.8. The number of pyridine rings is 1. The summed E-state index contributed by atoms with van der Waals surface area (Å²) in [6.07, 6.45) is 1.73. The van der Waals surface area contributed by atoms with Gasteiger partial charge in [-0.05, 0) is 24.1 Å². The first-order valence-corrected chi connectivity index (χ1v) is 11.3. The molecule has 3 rings (SSSR count). The Bertz CT molecular complexity index is 1100. The quantitative estimate of drug-likeness (QED) is 0.173. The number of carbonyl (C=O) groups excluding carboxylic acids is 1. The van der Waals surface area contributed by atoms with Gasteiger partial charge in [0.2, 0.25) is 0 Å². The van der Waals surface area contributed by atoms with Gasteiger partial charge in [-0.2, -0.15) is 0 Å². The summed E-state index contributed by atoms with van der Waals surface area (Å²) in [5.74, 6) is 0.476. The average Bonchev–Trinajstić information content (AvgIpc) is 3.11. The first kappa shape index (κ1) is 24.4. The lowest BCUT2D eigenvalue weighted by molar-refractivity contribution is -0.385. The molecule has 0 aliphatic rings. The van der Waals surface area contributed by atoms with E-state index in [4.69, 9.17) is 14.5 Å². The van der Waals surface area contributed by atoms with Crippen molar-refractivity contribution >= 4 is 23.4 Å². The van der Waals surface area contributed by atoms with E-state index < -0.39 is 4.92 Å². The molecule has 0 fully saturated rings. The third kappa shape index (κ3) is 6.87. The minimum absolute atomic E-state index is 0.0379. The summed E-state index contributed by atoms with van der Waals surface area (Å²) in [6, 6.07) is 12.3. The smallest absolute Gasteiger partial charge is 0.302 e. The van der Waals surface area contributed by atoms with Crippen LogP contribution in [0.3, 0.4) is 0 Å². The van der Waals surface area contributed by atoms with E-state index in [1.807, 2.05) is 28.8 Å². The molecule has 0 atom stereocenters. The first-order chi connectivity index (χ1) is 15.8. The molecule has 0 radical (unpaired) electrons. The van der Waals surface area contributed by atoms with E-state index in [1.165, 1.54) is 24.8 Å². The third-order valence-corrected chi connectivity index (χ3v) is 5.74. The largest absolute Gasteiger partial charge is 0.463 e. The maximum Gasteiger partial charge on any atom is 0.302 e. The molecule has 2 heterocycles. The fraction of sp³-hybridized carbons (Fsp3) is 0.348. The molecule has 0 saturated heterocycles. The maximum atomic E-state index is 11.2. The Morgan fingerprint density at radius 1 is 1.21 bits per heavy atom. The second kappa shape index (κ2) is 11.6. The van der Waals surface area contributed by atoms with Gasteiger partial charge in [0.05, 0.1) is 29.5 Å². The van der Waals surface area contributed by atoms with Gasteiger partial charge in [0, 0.05) is 30.1 Å². The number of ether oxygens (including phenoxy) is 2. The highest BCUT2D eigenvalue weighted by Gasteiger charge is 2.22. The minimum atomic E-state index is -0.402. The van der Waals surface area contributed by atoms with Crippen LogP contribution < -0.4 is 0 Å². The topological polar surface area (TPSA) is 109 Å². The van der Waals surface area contributed by atoms with E-state index in [0.29, 0.717) is 12.4 Å². The highest BCUT2D eigenvalue weighted by molar-refractivity contribution is 7.99. The summed E-state index contributed by atoms with van der Waals surface area (Å²) in [5, 5.41) is 12.1. The third-order valence-electron chi connectivity index (χ3n) is 4.63. The van der Waals surface area contributed by atoms with Crippen LogP contribution in [0.2, 0.25) is 0 Å². The zero-order valence-corrected chi connectivity index (χ0v) is 19.6. The number of aromatic nitrogens is 3. The number of rotatable bonds is 11. The summed E-state index contributed by atoms with van der Waals surface area (Å²) in [6.45, 7) is 6.57.